The summed E-state index contributed by atoms with van der Waals surface area (Å²) in [6.07, 6.45) is 1.25. The number of halogens is 1. The second-order valence-corrected chi connectivity index (χ2v) is 5.27. The number of carbonyl (C=O) groups excluding carboxylic acids is 1. The SMILES string of the molecule is O=C(CSc1ccccc1F)N/N=C/c1ccc(O)cc1O. The van der Waals surface area contributed by atoms with Crippen molar-refractivity contribution in [1.29, 1.82) is 0 Å². The lowest BCUT2D eigenvalue weighted by atomic mass is 10.2. The molecule has 0 aromatic heterocycles. The molecule has 1 amide bonds. The van der Waals surface area contributed by atoms with Crippen LogP contribution in [0.25, 0.3) is 0 Å². The van der Waals surface area contributed by atoms with Crippen LogP contribution in [0.15, 0.2) is 52.5 Å². The van der Waals surface area contributed by atoms with Gasteiger partial charge < -0.3 is 10.2 Å². The summed E-state index contributed by atoms with van der Waals surface area (Å²) in [4.78, 5) is 12.0. The van der Waals surface area contributed by atoms with Gasteiger partial charge >= 0.3 is 0 Å². The molecule has 22 heavy (non-hydrogen) atoms. The molecule has 0 aliphatic rings. The van der Waals surface area contributed by atoms with Crippen molar-refractivity contribution in [2.45, 2.75) is 4.90 Å². The van der Waals surface area contributed by atoms with Gasteiger partial charge in [-0.15, -0.1) is 11.8 Å². The summed E-state index contributed by atoms with van der Waals surface area (Å²) in [5.41, 5.74) is 2.62. The third-order valence-electron chi connectivity index (χ3n) is 2.60. The molecule has 2 rings (SSSR count). The summed E-state index contributed by atoms with van der Waals surface area (Å²) in [6.45, 7) is 0. The van der Waals surface area contributed by atoms with Gasteiger partial charge in [0, 0.05) is 16.5 Å². The quantitative estimate of drug-likeness (QED) is 0.449. The molecule has 114 valence electrons. The number of phenolic OH excluding ortho intramolecular Hbond substituents is 2. The maximum absolute atomic E-state index is 13.4. The molecule has 0 saturated heterocycles. The summed E-state index contributed by atoms with van der Waals surface area (Å²) >= 11 is 1.06. The predicted octanol–water partition coefficient (Wildman–Crippen LogP) is 2.48. The van der Waals surface area contributed by atoms with Crippen molar-refractivity contribution in [2.24, 2.45) is 5.10 Å². The molecule has 0 radical (unpaired) electrons. The van der Waals surface area contributed by atoms with Crippen LogP contribution < -0.4 is 5.43 Å². The molecule has 0 unspecified atom stereocenters. The smallest absolute Gasteiger partial charge is 0.250 e. The van der Waals surface area contributed by atoms with Gasteiger partial charge in [-0.3, -0.25) is 4.79 Å². The third kappa shape index (κ3) is 4.49. The number of hydrogen-bond acceptors (Lipinski definition) is 5. The molecule has 7 heteroatoms. The Morgan fingerprint density at radius 2 is 2.05 bits per heavy atom. The topological polar surface area (TPSA) is 81.9 Å². The summed E-state index contributed by atoms with van der Waals surface area (Å²) in [6, 6.07) is 10.2. The van der Waals surface area contributed by atoms with Crippen molar-refractivity contribution in [3.05, 3.63) is 53.8 Å². The van der Waals surface area contributed by atoms with Crippen LogP contribution in [-0.4, -0.2) is 28.1 Å². The van der Waals surface area contributed by atoms with E-state index in [0.717, 1.165) is 17.8 Å². The van der Waals surface area contributed by atoms with Crippen molar-refractivity contribution in [2.75, 3.05) is 5.75 Å². The molecule has 0 fully saturated rings. The van der Waals surface area contributed by atoms with Crippen molar-refractivity contribution in [1.82, 2.24) is 5.43 Å². The van der Waals surface area contributed by atoms with Gasteiger partial charge in [0.05, 0.1) is 12.0 Å². The van der Waals surface area contributed by atoms with Crippen molar-refractivity contribution in [3.63, 3.8) is 0 Å². The van der Waals surface area contributed by atoms with E-state index in [1.54, 1.807) is 18.2 Å². The Hall–Kier alpha value is -2.54. The minimum atomic E-state index is -0.400. The lowest BCUT2D eigenvalue weighted by Gasteiger charge is -2.02. The van der Waals surface area contributed by atoms with Gasteiger partial charge in [0.25, 0.3) is 0 Å². The molecule has 0 heterocycles. The summed E-state index contributed by atoms with van der Waals surface area (Å²) < 4.78 is 13.4. The maximum atomic E-state index is 13.4. The van der Waals surface area contributed by atoms with E-state index in [0.29, 0.717) is 10.5 Å². The molecule has 0 spiro atoms. The van der Waals surface area contributed by atoms with E-state index in [1.165, 1.54) is 24.4 Å². The van der Waals surface area contributed by atoms with Crippen LogP contribution >= 0.6 is 11.8 Å². The van der Waals surface area contributed by atoms with Crippen LogP contribution in [0, 0.1) is 5.82 Å². The summed E-state index contributed by atoms with van der Waals surface area (Å²) in [5, 5.41) is 22.4. The zero-order chi connectivity index (χ0) is 15.9. The number of hydrogen-bond donors (Lipinski definition) is 3. The van der Waals surface area contributed by atoms with Gasteiger partial charge in [-0.1, -0.05) is 12.1 Å². The van der Waals surface area contributed by atoms with E-state index in [4.69, 9.17) is 5.11 Å². The second kappa shape index (κ2) is 7.46. The lowest BCUT2D eigenvalue weighted by molar-refractivity contribution is -0.118. The first kappa shape index (κ1) is 15.8. The van der Waals surface area contributed by atoms with Gasteiger partial charge in [0.15, 0.2) is 0 Å². The van der Waals surface area contributed by atoms with Gasteiger partial charge in [0.2, 0.25) is 5.91 Å². The number of hydrazone groups is 1. The first-order chi connectivity index (χ1) is 10.6. The number of nitrogens with one attached hydrogen (secondary N) is 1. The van der Waals surface area contributed by atoms with Crippen molar-refractivity contribution >= 4 is 23.9 Å². The van der Waals surface area contributed by atoms with Crippen LogP contribution in [-0.2, 0) is 4.79 Å². The fourth-order valence-corrected chi connectivity index (χ4v) is 2.28. The monoisotopic (exact) mass is 320 g/mol. The van der Waals surface area contributed by atoms with Crippen molar-refractivity contribution in [3.8, 4) is 11.5 Å². The highest BCUT2D eigenvalue weighted by molar-refractivity contribution is 8.00. The van der Waals surface area contributed by atoms with Crippen LogP contribution in [0.2, 0.25) is 0 Å². The number of amides is 1. The Kier molecular flexibility index (Phi) is 5.37. The minimum absolute atomic E-state index is 0.0137. The largest absolute Gasteiger partial charge is 0.508 e. The number of rotatable bonds is 5. The number of aromatic hydroxyl groups is 2. The van der Waals surface area contributed by atoms with Crippen molar-refractivity contribution < 1.29 is 19.4 Å². The van der Waals surface area contributed by atoms with Gasteiger partial charge in [-0.2, -0.15) is 5.10 Å². The highest BCUT2D eigenvalue weighted by Gasteiger charge is 2.05. The first-order valence-electron chi connectivity index (χ1n) is 6.27. The summed E-state index contributed by atoms with van der Waals surface area (Å²) in [5.74, 6) is -0.987. The molecule has 0 saturated carbocycles. The number of phenols is 2. The molecule has 0 bridgehead atoms. The van der Waals surface area contributed by atoms with E-state index in [1.807, 2.05) is 0 Å². The molecule has 0 aliphatic carbocycles. The molecular formula is C15H13FN2O3S. The van der Waals surface area contributed by atoms with Crippen LogP contribution in [0.4, 0.5) is 4.39 Å². The highest BCUT2D eigenvalue weighted by Crippen LogP contribution is 2.21. The van der Waals surface area contributed by atoms with E-state index in [2.05, 4.69) is 10.5 Å². The molecular weight excluding hydrogens is 307 g/mol. The standard InChI is InChI=1S/C15H13FN2O3S/c16-12-3-1-2-4-14(12)22-9-15(21)18-17-8-10-5-6-11(19)7-13(10)20/h1-8,19-20H,9H2,(H,18,21)/b17-8+. The Morgan fingerprint density at radius 1 is 1.27 bits per heavy atom. The molecule has 0 aliphatic heterocycles. The average molecular weight is 320 g/mol. The zero-order valence-electron chi connectivity index (χ0n) is 11.4. The van der Waals surface area contributed by atoms with Gasteiger partial charge in [0.1, 0.15) is 17.3 Å². The number of carbonyl (C=O) groups is 1. The molecule has 2 aromatic rings. The molecule has 5 nitrogen and oxygen atoms in total. The second-order valence-electron chi connectivity index (χ2n) is 4.26. The number of nitrogens with zero attached hydrogens (tertiary/aromatic N) is 1. The number of thioether (sulfide) groups is 1. The van der Waals surface area contributed by atoms with Gasteiger partial charge in [-0.25, -0.2) is 9.82 Å². The zero-order valence-corrected chi connectivity index (χ0v) is 12.2. The Balaban J connectivity index is 1.85. The molecule has 0 atom stereocenters. The summed E-state index contributed by atoms with van der Waals surface area (Å²) in [7, 11) is 0. The van der Waals surface area contributed by atoms with Crippen LogP contribution in [0.5, 0.6) is 11.5 Å². The van der Waals surface area contributed by atoms with E-state index >= 15 is 0 Å². The fraction of sp³-hybridized carbons (Fsp3) is 0.0667. The van der Waals surface area contributed by atoms with E-state index in [9.17, 15) is 14.3 Å². The Morgan fingerprint density at radius 3 is 2.77 bits per heavy atom. The molecule has 2 aromatic carbocycles. The van der Waals surface area contributed by atoms with Crippen LogP contribution in [0.1, 0.15) is 5.56 Å². The lowest BCUT2D eigenvalue weighted by Crippen LogP contribution is -2.19. The van der Waals surface area contributed by atoms with Gasteiger partial charge in [-0.05, 0) is 24.3 Å². The highest BCUT2D eigenvalue weighted by atomic mass is 32.2. The number of benzene rings is 2. The van der Waals surface area contributed by atoms with E-state index < -0.39 is 5.91 Å². The normalized spacial score (nSPS) is 10.8. The Bertz CT molecular complexity index is 707. The predicted molar refractivity (Wildman–Crippen MR) is 82.6 cm³/mol. The Labute approximate surface area is 130 Å². The third-order valence-corrected chi connectivity index (χ3v) is 3.65. The fourth-order valence-electron chi connectivity index (χ4n) is 1.55. The van der Waals surface area contributed by atoms with Crippen LogP contribution in [0.3, 0.4) is 0 Å². The first-order valence-corrected chi connectivity index (χ1v) is 7.26. The average Bonchev–Trinajstić information content (AvgIpc) is 2.49. The van der Waals surface area contributed by atoms with E-state index in [-0.39, 0.29) is 23.1 Å². The molecule has 3 N–H and O–H groups in total. The minimum Gasteiger partial charge on any atom is -0.508 e. The maximum Gasteiger partial charge on any atom is 0.250 e.